The van der Waals surface area contributed by atoms with Crippen LogP contribution in [0.4, 0.5) is 0 Å². The van der Waals surface area contributed by atoms with Crippen molar-refractivity contribution in [1.29, 1.82) is 0 Å². The zero-order chi connectivity index (χ0) is 18.5. The molecule has 0 spiro atoms. The van der Waals surface area contributed by atoms with Gasteiger partial charge in [-0.05, 0) is 37.0 Å². The van der Waals surface area contributed by atoms with Crippen molar-refractivity contribution in [2.24, 2.45) is 0 Å². The highest BCUT2D eigenvalue weighted by atomic mass is 16.7. The Bertz CT molecular complexity index is 610. The van der Waals surface area contributed by atoms with Crippen molar-refractivity contribution in [2.75, 3.05) is 33.0 Å². The summed E-state index contributed by atoms with van der Waals surface area (Å²) in [4.78, 5) is 16.9. The summed E-state index contributed by atoms with van der Waals surface area (Å²) in [5, 5.41) is 10.4. The molecule has 0 bridgehead atoms. The predicted octanol–water partition coefficient (Wildman–Crippen LogP) is 2.56. The van der Waals surface area contributed by atoms with Crippen LogP contribution in [0.25, 0.3) is 0 Å². The Morgan fingerprint density at radius 1 is 1.12 bits per heavy atom. The third-order valence-electron chi connectivity index (χ3n) is 5.54. The standard InChI is InChI=1S/C20H30N2O4/c1-3-16(4-2)21-9-11-22(12-10-21)20(24)8-6-17(23)15-5-7-18-19(13-15)26-14-25-18/h5,7,13,16-17,23H,3-4,6,8-12,14H2,1-2H3. The van der Waals surface area contributed by atoms with Gasteiger partial charge in [0.25, 0.3) is 0 Å². The SMILES string of the molecule is CCC(CC)N1CCN(C(=O)CCC(O)c2ccc3c(c2)OCO3)CC1. The van der Waals surface area contributed by atoms with Crippen LogP contribution >= 0.6 is 0 Å². The Kier molecular flexibility index (Phi) is 6.38. The van der Waals surface area contributed by atoms with Crippen molar-refractivity contribution < 1.29 is 19.4 Å². The van der Waals surface area contributed by atoms with E-state index < -0.39 is 6.10 Å². The lowest BCUT2D eigenvalue weighted by molar-refractivity contribution is -0.133. The number of fused-ring (bicyclic) bond motifs is 1. The molecule has 0 aliphatic carbocycles. The van der Waals surface area contributed by atoms with Gasteiger partial charge in [-0.1, -0.05) is 19.9 Å². The Hall–Kier alpha value is -1.79. The Labute approximate surface area is 155 Å². The molecule has 1 N–H and O–H groups in total. The van der Waals surface area contributed by atoms with E-state index in [4.69, 9.17) is 9.47 Å². The number of rotatable bonds is 7. The Balaban J connectivity index is 1.45. The summed E-state index contributed by atoms with van der Waals surface area (Å²) in [7, 11) is 0. The maximum Gasteiger partial charge on any atom is 0.231 e. The fraction of sp³-hybridized carbons (Fsp3) is 0.650. The van der Waals surface area contributed by atoms with E-state index in [-0.39, 0.29) is 12.7 Å². The Morgan fingerprint density at radius 3 is 2.50 bits per heavy atom. The third-order valence-corrected chi connectivity index (χ3v) is 5.54. The zero-order valence-corrected chi connectivity index (χ0v) is 15.8. The number of carbonyl (C=O) groups is 1. The molecular weight excluding hydrogens is 332 g/mol. The highest BCUT2D eigenvalue weighted by Gasteiger charge is 2.25. The van der Waals surface area contributed by atoms with Gasteiger partial charge >= 0.3 is 0 Å². The van der Waals surface area contributed by atoms with Crippen molar-refractivity contribution in [3.8, 4) is 11.5 Å². The largest absolute Gasteiger partial charge is 0.454 e. The van der Waals surface area contributed by atoms with E-state index >= 15 is 0 Å². The van der Waals surface area contributed by atoms with Gasteiger partial charge in [0.15, 0.2) is 11.5 Å². The van der Waals surface area contributed by atoms with Crippen LogP contribution < -0.4 is 9.47 Å². The summed E-state index contributed by atoms with van der Waals surface area (Å²) in [5.41, 5.74) is 0.764. The third kappa shape index (κ3) is 4.30. The molecule has 3 rings (SSSR count). The number of piperazine rings is 1. The number of carbonyl (C=O) groups excluding carboxylic acids is 1. The van der Waals surface area contributed by atoms with Crippen LogP contribution in [0.3, 0.4) is 0 Å². The average molecular weight is 362 g/mol. The van der Waals surface area contributed by atoms with Crippen LogP contribution in [0.2, 0.25) is 0 Å². The fourth-order valence-corrected chi connectivity index (χ4v) is 3.85. The molecule has 1 unspecified atom stereocenters. The van der Waals surface area contributed by atoms with Crippen LogP contribution in [0.1, 0.15) is 51.2 Å². The molecule has 0 aromatic heterocycles. The molecule has 26 heavy (non-hydrogen) atoms. The minimum atomic E-state index is -0.667. The van der Waals surface area contributed by atoms with Crippen molar-refractivity contribution >= 4 is 5.91 Å². The van der Waals surface area contributed by atoms with Gasteiger partial charge < -0.3 is 19.5 Å². The number of aliphatic hydroxyl groups excluding tert-OH is 1. The summed E-state index contributed by atoms with van der Waals surface area (Å²) >= 11 is 0. The van der Waals surface area contributed by atoms with E-state index in [2.05, 4.69) is 18.7 Å². The first-order chi connectivity index (χ1) is 12.6. The minimum Gasteiger partial charge on any atom is -0.454 e. The second-order valence-corrected chi connectivity index (χ2v) is 7.05. The van der Waals surface area contributed by atoms with Gasteiger partial charge in [-0.2, -0.15) is 0 Å². The summed E-state index contributed by atoms with van der Waals surface area (Å²) < 4.78 is 10.6. The molecule has 1 atom stereocenters. The van der Waals surface area contributed by atoms with E-state index in [1.807, 2.05) is 11.0 Å². The molecule has 2 aliphatic rings. The molecule has 6 heteroatoms. The number of amides is 1. The predicted molar refractivity (Wildman–Crippen MR) is 99.3 cm³/mol. The fourth-order valence-electron chi connectivity index (χ4n) is 3.85. The van der Waals surface area contributed by atoms with Crippen molar-refractivity contribution in [1.82, 2.24) is 9.80 Å². The minimum absolute atomic E-state index is 0.133. The number of nitrogens with zero attached hydrogens (tertiary/aromatic N) is 2. The van der Waals surface area contributed by atoms with Crippen molar-refractivity contribution in [2.45, 2.75) is 51.7 Å². The lowest BCUT2D eigenvalue weighted by atomic mass is 10.0. The molecule has 0 saturated carbocycles. The van der Waals surface area contributed by atoms with Crippen LogP contribution in [0.5, 0.6) is 11.5 Å². The van der Waals surface area contributed by atoms with E-state index in [0.29, 0.717) is 30.4 Å². The second kappa shape index (κ2) is 8.73. The molecule has 1 aromatic rings. The lowest BCUT2D eigenvalue weighted by Gasteiger charge is -2.39. The van der Waals surface area contributed by atoms with Crippen molar-refractivity contribution in [3.63, 3.8) is 0 Å². The van der Waals surface area contributed by atoms with Gasteiger partial charge in [-0.3, -0.25) is 9.69 Å². The van der Waals surface area contributed by atoms with Gasteiger partial charge in [0.1, 0.15) is 0 Å². The van der Waals surface area contributed by atoms with Gasteiger partial charge in [-0.25, -0.2) is 0 Å². The van der Waals surface area contributed by atoms with Crippen LogP contribution in [-0.2, 0) is 4.79 Å². The first-order valence-corrected chi connectivity index (χ1v) is 9.71. The van der Waals surface area contributed by atoms with E-state index in [0.717, 1.165) is 44.6 Å². The number of ether oxygens (including phenoxy) is 2. The van der Waals surface area contributed by atoms with Crippen molar-refractivity contribution in [3.05, 3.63) is 23.8 Å². The number of hydrogen-bond acceptors (Lipinski definition) is 5. The molecule has 0 radical (unpaired) electrons. The maximum absolute atomic E-state index is 12.5. The normalized spacial score (nSPS) is 18.4. The summed E-state index contributed by atoms with van der Waals surface area (Å²) in [6, 6.07) is 6.06. The first-order valence-electron chi connectivity index (χ1n) is 9.71. The molecule has 2 aliphatic heterocycles. The van der Waals surface area contributed by atoms with Crippen LogP contribution in [-0.4, -0.2) is 59.8 Å². The quantitative estimate of drug-likeness (QED) is 0.808. The molecule has 1 aromatic carbocycles. The molecular formula is C20H30N2O4. The molecule has 2 heterocycles. The summed E-state index contributed by atoms with van der Waals surface area (Å²) in [5.74, 6) is 1.49. The summed E-state index contributed by atoms with van der Waals surface area (Å²) in [6.45, 7) is 8.14. The molecule has 1 fully saturated rings. The molecule has 6 nitrogen and oxygen atoms in total. The zero-order valence-electron chi connectivity index (χ0n) is 15.8. The van der Waals surface area contributed by atoms with E-state index in [9.17, 15) is 9.90 Å². The monoisotopic (exact) mass is 362 g/mol. The second-order valence-electron chi connectivity index (χ2n) is 7.05. The van der Waals surface area contributed by atoms with Crippen LogP contribution in [0.15, 0.2) is 18.2 Å². The molecule has 1 saturated heterocycles. The van der Waals surface area contributed by atoms with Gasteiger partial charge in [0.2, 0.25) is 12.7 Å². The summed E-state index contributed by atoms with van der Waals surface area (Å²) in [6.07, 6.45) is 2.43. The maximum atomic E-state index is 12.5. The number of hydrogen-bond donors (Lipinski definition) is 1. The van der Waals surface area contributed by atoms with Gasteiger partial charge in [0, 0.05) is 38.6 Å². The Morgan fingerprint density at radius 2 is 1.81 bits per heavy atom. The first kappa shape index (κ1) is 19.0. The van der Waals surface area contributed by atoms with E-state index in [1.165, 1.54) is 0 Å². The van der Waals surface area contributed by atoms with Gasteiger partial charge in [-0.15, -0.1) is 0 Å². The highest BCUT2D eigenvalue weighted by Crippen LogP contribution is 2.35. The highest BCUT2D eigenvalue weighted by molar-refractivity contribution is 5.76. The topological polar surface area (TPSA) is 62.2 Å². The smallest absolute Gasteiger partial charge is 0.231 e. The molecule has 1 amide bonds. The number of aliphatic hydroxyl groups is 1. The average Bonchev–Trinajstić information content (AvgIpc) is 3.15. The van der Waals surface area contributed by atoms with Crippen LogP contribution in [0, 0.1) is 0 Å². The molecule has 144 valence electrons. The lowest BCUT2D eigenvalue weighted by Crippen LogP contribution is -2.51. The van der Waals surface area contributed by atoms with Gasteiger partial charge in [0.05, 0.1) is 6.10 Å². The number of benzene rings is 1. The van der Waals surface area contributed by atoms with E-state index in [1.54, 1.807) is 12.1 Å².